The van der Waals surface area contributed by atoms with Crippen molar-refractivity contribution in [2.24, 2.45) is 0 Å². The average Bonchev–Trinajstić information content (AvgIpc) is 2.83. The van der Waals surface area contributed by atoms with Crippen molar-refractivity contribution in [1.29, 1.82) is 0 Å². The molecule has 16 heavy (non-hydrogen) atoms. The number of halogens is 1. The molecule has 5 nitrogen and oxygen atoms in total. The summed E-state index contributed by atoms with van der Waals surface area (Å²) in [6.07, 6.45) is 1.41. The molecule has 1 aromatic rings. The zero-order valence-corrected chi connectivity index (χ0v) is 9.69. The van der Waals surface area contributed by atoms with E-state index in [2.05, 4.69) is 14.6 Å². The van der Waals surface area contributed by atoms with Crippen LogP contribution in [0.5, 0.6) is 0 Å². The molecule has 88 valence electrons. The Kier molecular flexibility index (Phi) is 3.79. The summed E-state index contributed by atoms with van der Waals surface area (Å²) in [4.78, 5) is 15.9. The third-order valence-corrected chi connectivity index (χ3v) is 2.89. The first-order valence-corrected chi connectivity index (χ1v) is 5.82. The van der Waals surface area contributed by atoms with Crippen LogP contribution in [0, 0.1) is 0 Å². The van der Waals surface area contributed by atoms with Gasteiger partial charge < -0.3 is 9.42 Å². The van der Waals surface area contributed by atoms with Crippen molar-refractivity contribution >= 4 is 17.5 Å². The fourth-order valence-corrected chi connectivity index (χ4v) is 2.02. The van der Waals surface area contributed by atoms with Crippen LogP contribution < -0.4 is 0 Å². The number of piperazine rings is 1. The van der Waals surface area contributed by atoms with E-state index in [0.29, 0.717) is 11.6 Å². The second-order valence-electron chi connectivity index (χ2n) is 3.71. The topological polar surface area (TPSA) is 49.6 Å². The maximum Gasteiger partial charge on any atom is 0.276 e. The highest BCUT2D eigenvalue weighted by Gasteiger charge is 2.23. The maximum absolute atomic E-state index is 11.9. The van der Waals surface area contributed by atoms with Gasteiger partial charge in [-0.2, -0.15) is 0 Å². The van der Waals surface area contributed by atoms with E-state index < -0.39 is 0 Å². The second kappa shape index (κ2) is 5.32. The third kappa shape index (κ3) is 2.54. The van der Waals surface area contributed by atoms with Gasteiger partial charge >= 0.3 is 0 Å². The van der Waals surface area contributed by atoms with Crippen molar-refractivity contribution in [2.45, 2.75) is 0 Å². The van der Waals surface area contributed by atoms with Crippen molar-refractivity contribution < 1.29 is 9.32 Å². The van der Waals surface area contributed by atoms with E-state index in [9.17, 15) is 4.79 Å². The number of carbonyl (C=O) groups is 1. The summed E-state index contributed by atoms with van der Waals surface area (Å²) in [5, 5.41) is 3.65. The molecule has 0 bridgehead atoms. The van der Waals surface area contributed by atoms with E-state index in [4.69, 9.17) is 11.6 Å². The molecule has 1 aliphatic heterocycles. The Hall–Kier alpha value is -1.07. The molecule has 1 aromatic heterocycles. The number of amides is 1. The predicted octanol–water partition coefficient (Wildman–Crippen LogP) is 0.671. The minimum absolute atomic E-state index is 0.0562. The molecule has 0 unspecified atom stereocenters. The molecule has 2 heterocycles. The van der Waals surface area contributed by atoms with Crippen molar-refractivity contribution in [3.63, 3.8) is 0 Å². The molecule has 0 aromatic carbocycles. The monoisotopic (exact) mass is 243 g/mol. The Bertz CT molecular complexity index is 334. The van der Waals surface area contributed by atoms with E-state index >= 15 is 0 Å². The van der Waals surface area contributed by atoms with Crippen molar-refractivity contribution in [1.82, 2.24) is 15.0 Å². The van der Waals surface area contributed by atoms with Crippen LogP contribution in [-0.2, 0) is 0 Å². The predicted molar refractivity (Wildman–Crippen MR) is 59.6 cm³/mol. The highest BCUT2D eigenvalue weighted by atomic mass is 35.5. The van der Waals surface area contributed by atoms with E-state index in [-0.39, 0.29) is 5.91 Å². The first-order chi connectivity index (χ1) is 7.81. The molecule has 0 atom stereocenters. The Morgan fingerprint density at radius 3 is 2.75 bits per heavy atom. The van der Waals surface area contributed by atoms with Crippen LogP contribution in [0.2, 0.25) is 0 Å². The molecule has 1 saturated heterocycles. The molecule has 6 heteroatoms. The zero-order chi connectivity index (χ0) is 11.4. The summed E-state index contributed by atoms with van der Waals surface area (Å²) < 4.78 is 4.66. The SMILES string of the molecule is O=C(c1ccon1)N1CCN(CCCl)CC1. The van der Waals surface area contributed by atoms with Gasteiger partial charge in [0.05, 0.1) is 0 Å². The number of hydrogen-bond acceptors (Lipinski definition) is 4. The van der Waals surface area contributed by atoms with Crippen LogP contribution in [0.4, 0.5) is 0 Å². The van der Waals surface area contributed by atoms with Gasteiger partial charge in [0, 0.05) is 44.7 Å². The van der Waals surface area contributed by atoms with Gasteiger partial charge in [0.25, 0.3) is 5.91 Å². The molecule has 1 aliphatic rings. The zero-order valence-electron chi connectivity index (χ0n) is 8.93. The highest BCUT2D eigenvalue weighted by molar-refractivity contribution is 6.18. The Morgan fingerprint density at radius 1 is 1.44 bits per heavy atom. The van der Waals surface area contributed by atoms with Gasteiger partial charge in [0.2, 0.25) is 0 Å². The number of aromatic nitrogens is 1. The summed E-state index contributed by atoms with van der Waals surface area (Å²) in [5.41, 5.74) is 0.380. The Morgan fingerprint density at radius 2 is 2.19 bits per heavy atom. The average molecular weight is 244 g/mol. The van der Waals surface area contributed by atoms with E-state index in [0.717, 1.165) is 32.7 Å². The standard InChI is InChI=1S/C10H14ClN3O2/c11-2-3-13-4-6-14(7-5-13)10(15)9-1-8-16-12-9/h1,8H,2-7H2. The van der Waals surface area contributed by atoms with Crippen LogP contribution in [0.15, 0.2) is 16.9 Å². The van der Waals surface area contributed by atoms with Crippen LogP contribution in [0.25, 0.3) is 0 Å². The van der Waals surface area contributed by atoms with E-state index in [1.807, 2.05) is 0 Å². The number of rotatable bonds is 3. The normalized spacial score (nSPS) is 17.7. The largest absolute Gasteiger partial charge is 0.364 e. The lowest BCUT2D eigenvalue weighted by Gasteiger charge is -2.33. The number of carbonyl (C=O) groups excluding carboxylic acids is 1. The second-order valence-corrected chi connectivity index (χ2v) is 4.09. The summed E-state index contributed by atoms with van der Waals surface area (Å²) >= 11 is 5.67. The molecule has 0 radical (unpaired) electrons. The van der Waals surface area contributed by atoms with Crippen LogP contribution in [0.3, 0.4) is 0 Å². The first-order valence-electron chi connectivity index (χ1n) is 5.29. The van der Waals surface area contributed by atoms with Gasteiger partial charge in [-0.15, -0.1) is 11.6 Å². The van der Waals surface area contributed by atoms with Crippen molar-refractivity contribution in [3.8, 4) is 0 Å². The van der Waals surface area contributed by atoms with Gasteiger partial charge in [0.1, 0.15) is 6.26 Å². The molecular formula is C10H14ClN3O2. The molecule has 0 spiro atoms. The molecule has 0 N–H and O–H groups in total. The van der Waals surface area contributed by atoms with Crippen molar-refractivity contribution in [2.75, 3.05) is 38.6 Å². The lowest BCUT2D eigenvalue weighted by Crippen LogP contribution is -2.49. The molecule has 1 amide bonds. The number of alkyl halides is 1. The van der Waals surface area contributed by atoms with Gasteiger partial charge in [-0.3, -0.25) is 9.69 Å². The minimum atomic E-state index is -0.0562. The molecular weight excluding hydrogens is 230 g/mol. The highest BCUT2D eigenvalue weighted by Crippen LogP contribution is 2.07. The Labute approximate surface area is 98.9 Å². The van der Waals surface area contributed by atoms with Gasteiger partial charge in [-0.05, 0) is 0 Å². The minimum Gasteiger partial charge on any atom is -0.364 e. The molecule has 0 aliphatic carbocycles. The van der Waals surface area contributed by atoms with Crippen LogP contribution in [-0.4, -0.2) is 59.5 Å². The number of hydrogen-bond donors (Lipinski definition) is 0. The van der Waals surface area contributed by atoms with Gasteiger partial charge in [0.15, 0.2) is 5.69 Å². The van der Waals surface area contributed by atoms with E-state index in [1.54, 1.807) is 11.0 Å². The van der Waals surface area contributed by atoms with E-state index in [1.165, 1.54) is 6.26 Å². The molecule has 1 fully saturated rings. The van der Waals surface area contributed by atoms with Crippen LogP contribution in [0.1, 0.15) is 10.5 Å². The maximum atomic E-state index is 11.9. The Balaban J connectivity index is 1.87. The number of nitrogens with zero attached hydrogens (tertiary/aromatic N) is 3. The quantitative estimate of drug-likeness (QED) is 0.733. The lowest BCUT2D eigenvalue weighted by atomic mass is 10.3. The van der Waals surface area contributed by atoms with Crippen LogP contribution >= 0.6 is 11.6 Å². The summed E-state index contributed by atoms with van der Waals surface area (Å²) in [5.74, 6) is 0.580. The smallest absolute Gasteiger partial charge is 0.276 e. The lowest BCUT2D eigenvalue weighted by molar-refractivity contribution is 0.0634. The third-order valence-electron chi connectivity index (χ3n) is 2.72. The summed E-state index contributed by atoms with van der Waals surface area (Å²) in [6.45, 7) is 4.07. The summed E-state index contributed by atoms with van der Waals surface area (Å²) in [7, 11) is 0. The molecule has 2 rings (SSSR count). The van der Waals surface area contributed by atoms with Gasteiger partial charge in [-0.1, -0.05) is 5.16 Å². The fourth-order valence-electron chi connectivity index (χ4n) is 1.78. The summed E-state index contributed by atoms with van der Waals surface area (Å²) in [6, 6.07) is 1.59. The first kappa shape index (κ1) is 11.4. The van der Waals surface area contributed by atoms with Gasteiger partial charge in [-0.25, -0.2) is 0 Å². The van der Waals surface area contributed by atoms with Crippen molar-refractivity contribution in [3.05, 3.63) is 18.0 Å². The fraction of sp³-hybridized carbons (Fsp3) is 0.600. The molecule has 0 saturated carbocycles.